The van der Waals surface area contributed by atoms with Gasteiger partial charge in [0.25, 0.3) is 10.0 Å². The molecule has 0 radical (unpaired) electrons. The molecule has 7 heteroatoms. The van der Waals surface area contributed by atoms with Crippen molar-refractivity contribution in [3.05, 3.63) is 23.8 Å². The first kappa shape index (κ1) is 13.3. The fourth-order valence-electron chi connectivity index (χ4n) is 1.71. The highest BCUT2D eigenvalue weighted by Crippen LogP contribution is 2.29. The monoisotopic (exact) mass is 273 g/mol. The van der Waals surface area contributed by atoms with Gasteiger partial charge in [0, 0.05) is 0 Å². The maximum atomic E-state index is 12.3. The molecule has 1 aliphatic rings. The molecule has 1 fully saturated rings. The summed E-state index contributed by atoms with van der Waals surface area (Å²) in [5.74, 6) is 0.255. The molecule has 0 amide bonds. The number of aryl methyl sites for hydroxylation is 1. The van der Waals surface area contributed by atoms with E-state index in [0.717, 1.165) is 10.0 Å². The SMILES string of the molecule is COc1ccc(C)cc1S(=O)(=O)N1C[C@@H](O)CO1. The molecule has 18 heavy (non-hydrogen) atoms. The first-order chi connectivity index (χ1) is 8.45. The molecule has 1 atom stereocenters. The van der Waals surface area contributed by atoms with E-state index in [0.29, 0.717) is 0 Å². The Morgan fingerprint density at radius 1 is 1.50 bits per heavy atom. The lowest BCUT2D eigenvalue weighted by Gasteiger charge is -2.16. The Bertz CT molecular complexity index is 542. The quantitative estimate of drug-likeness (QED) is 0.857. The smallest absolute Gasteiger partial charge is 0.268 e. The predicted octanol–water partition coefficient (Wildman–Crippen LogP) is 0.300. The second-order valence-corrected chi connectivity index (χ2v) is 5.89. The van der Waals surface area contributed by atoms with Crippen LogP contribution in [0.1, 0.15) is 5.56 Å². The van der Waals surface area contributed by atoms with Gasteiger partial charge in [0.1, 0.15) is 10.6 Å². The van der Waals surface area contributed by atoms with Crippen LogP contribution in [0.2, 0.25) is 0 Å². The maximum absolute atomic E-state index is 12.3. The van der Waals surface area contributed by atoms with Gasteiger partial charge in [-0.1, -0.05) is 10.5 Å². The highest BCUT2D eigenvalue weighted by molar-refractivity contribution is 7.89. The molecule has 0 spiro atoms. The summed E-state index contributed by atoms with van der Waals surface area (Å²) in [6, 6.07) is 4.87. The number of benzene rings is 1. The molecule has 100 valence electrons. The molecule has 0 aliphatic carbocycles. The lowest BCUT2D eigenvalue weighted by Crippen LogP contribution is -2.29. The maximum Gasteiger partial charge on any atom is 0.268 e. The average Bonchev–Trinajstić information content (AvgIpc) is 2.76. The van der Waals surface area contributed by atoms with E-state index in [4.69, 9.17) is 9.57 Å². The number of hydrogen-bond acceptors (Lipinski definition) is 5. The summed E-state index contributed by atoms with van der Waals surface area (Å²) < 4.78 is 30.5. The second kappa shape index (κ2) is 4.85. The lowest BCUT2D eigenvalue weighted by molar-refractivity contribution is -0.0317. The highest BCUT2D eigenvalue weighted by Gasteiger charge is 2.35. The topological polar surface area (TPSA) is 76.1 Å². The van der Waals surface area contributed by atoms with Crippen molar-refractivity contribution in [3.8, 4) is 5.75 Å². The Hall–Kier alpha value is -1.15. The Balaban J connectivity index is 2.43. The van der Waals surface area contributed by atoms with Crippen LogP contribution >= 0.6 is 0 Å². The normalized spacial score (nSPS) is 21.2. The van der Waals surface area contributed by atoms with E-state index in [1.807, 2.05) is 0 Å². The van der Waals surface area contributed by atoms with Gasteiger partial charge < -0.3 is 9.84 Å². The molecular formula is C11H15NO5S. The van der Waals surface area contributed by atoms with Crippen LogP contribution in [0.4, 0.5) is 0 Å². The second-order valence-electron chi connectivity index (χ2n) is 4.09. The van der Waals surface area contributed by atoms with E-state index < -0.39 is 16.1 Å². The van der Waals surface area contributed by atoms with Gasteiger partial charge in [-0.3, -0.25) is 4.84 Å². The molecule has 0 saturated carbocycles. The van der Waals surface area contributed by atoms with Crippen LogP contribution in [-0.2, 0) is 14.9 Å². The number of ether oxygens (including phenoxy) is 1. The molecule has 1 aromatic rings. The van der Waals surface area contributed by atoms with E-state index in [9.17, 15) is 13.5 Å². The highest BCUT2D eigenvalue weighted by atomic mass is 32.2. The number of nitrogens with zero attached hydrogens (tertiary/aromatic N) is 1. The minimum Gasteiger partial charge on any atom is -0.495 e. The molecule has 0 bridgehead atoms. The molecule has 1 aromatic carbocycles. The summed E-state index contributed by atoms with van der Waals surface area (Å²) in [7, 11) is -2.40. The van der Waals surface area contributed by atoms with E-state index in [1.165, 1.54) is 13.2 Å². The van der Waals surface area contributed by atoms with Gasteiger partial charge in [0.05, 0.1) is 26.4 Å². The van der Waals surface area contributed by atoms with Crippen LogP contribution in [0.15, 0.2) is 23.1 Å². The summed E-state index contributed by atoms with van der Waals surface area (Å²) in [5.41, 5.74) is 0.800. The number of hydroxylamine groups is 1. The zero-order chi connectivity index (χ0) is 13.3. The van der Waals surface area contributed by atoms with Crippen molar-refractivity contribution in [1.29, 1.82) is 0 Å². The van der Waals surface area contributed by atoms with E-state index in [2.05, 4.69) is 0 Å². The fraction of sp³-hybridized carbons (Fsp3) is 0.455. The number of rotatable bonds is 3. The van der Waals surface area contributed by atoms with Crippen LogP contribution in [0.3, 0.4) is 0 Å². The van der Waals surface area contributed by atoms with Crippen molar-refractivity contribution in [2.75, 3.05) is 20.3 Å². The van der Waals surface area contributed by atoms with E-state index in [-0.39, 0.29) is 23.8 Å². The minimum atomic E-state index is -3.81. The summed E-state index contributed by atoms with van der Waals surface area (Å²) >= 11 is 0. The largest absolute Gasteiger partial charge is 0.495 e. The standard InChI is InChI=1S/C11H15NO5S/c1-8-3-4-10(16-2)11(5-8)18(14,15)12-6-9(13)7-17-12/h3-5,9,13H,6-7H2,1-2H3/t9-/m1/s1. The third-order valence-electron chi connectivity index (χ3n) is 2.64. The third kappa shape index (κ3) is 2.35. The van der Waals surface area contributed by atoms with Gasteiger partial charge in [-0.15, -0.1) is 0 Å². The first-order valence-corrected chi connectivity index (χ1v) is 6.87. The summed E-state index contributed by atoms with van der Waals surface area (Å²) in [5, 5.41) is 9.33. The Kier molecular flexibility index (Phi) is 3.58. The van der Waals surface area contributed by atoms with Gasteiger partial charge in [0.2, 0.25) is 0 Å². The minimum absolute atomic E-state index is 0.0205. The number of aliphatic hydroxyl groups is 1. The molecule has 1 heterocycles. The predicted molar refractivity (Wildman–Crippen MR) is 63.6 cm³/mol. The zero-order valence-electron chi connectivity index (χ0n) is 10.2. The van der Waals surface area contributed by atoms with Crippen LogP contribution in [0.25, 0.3) is 0 Å². The Morgan fingerprint density at radius 3 is 2.78 bits per heavy atom. The molecule has 0 aromatic heterocycles. The van der Waals surface area contributed by atoms with Crippen molar-refractivity contribution in [1.82, 2.24) is 4.47 Å². The van der Waals surface area contributed by atoms with E-state index in [1.54, 1.807) is 19.1 Å². The van der Waals surface area contributed by atoms with Crippen LogP contribution in [0, 0.1) is 6.92 Å². The van der Waals surface area contributed by atoms with Crippen molar-refractivity contribution in [3.63, 3.8) is 0 Å². The van der Waals surface area contributed by atoms with Gasteiger partial charge in [-0.2, -0.15) is 0 Å². The Labute approximate surface area is 106 Å². The van der Waals surface area contributed by atoms with Crippen molar-refractivity contribution >= 4 is 10.0 Å². The molecule has 1 aliphatic heterocycles. The number of β-amino-alcohol motifs (C(OH)–C–C–N with tert-alkyl or cyclic N) is 1. The summed E-state index contributed by atoms with van der Waals surface area (Å²) in [6.07, 6.45) is -0.796. The molecule has 1 saturated heterocycles. The molecule has 2 rings (SSSR count). The lowest BCUT2D eigenvalue weighted by atomic mass is 10.2. The van der Waals surface area contributed by atoms with Crippen molar-refractivity contribution < 1.29 is 23.1 Å². The van der Waals surface area contributed by atoms with E-state index >= 15 is 0 Å². The number of aliphatic hydroxyl groups excluding tert-OH is 1. The summed E-state index contributed by atoms with van der Waals surface area (Å²) in [6.45, 7) is 1.70. The first-order valence-electron chi connectivity index (χ1n) is 5.43. The van der Waals surface area contributed by atoms with Crippen molar-refractivity contribution in [2.24, 2.45) is 0 Å². The molecule has 0 unspecified atom stereocenters. The van der Waals surface area contributed by atoms with Crippen molar-refractivity contribution in [2.45, 2.75) is 17.9 Å². The third-order valence-corrected chi connectivity index (χ3v) is 4.30. The molecule has 6 nitrogen and oxygen atoms in total. The van der Waals surface area contributed by atoms with Gasteiger partial charge in [-0.05, 0) is 24.6 Å². The number of methoxy groups -OCH3 is 1. The average molecular weight is 273 g/mol. The summed E-state index contributed by atoms with van der Waals surface area (Å²) in [4.78, 5) is 5.00. The zero-order valence-corrected chi connectivity index (χ0v) is 11.0. The fourth-order valence-corrected chi connectivity index (χ4v) is 3.24. The van der Waals surface area contributed by atoms with Crippen LogP contribution < -0.4 is 4.74 Å². The van der Waals surface area contributed by atoms with Crippen LogP contribution in [0.5, 0.6) is 5.75 Å². The van der Waals surface area contributed by atoms with Crippen LogP contribution in [-0.4, -0.2) is 44.4 Å². The number of hydrogen-bond donors (Lipinski definition) is 1. The van der Waals surface area contributed by atoms with Gasteiger partial charge in [0.15, 0.2) is 0 Å². The number of sulfonamides is 1. The molecular weight excluding hydrogens is 258 g/mol. The molecule has 1 N–H and O–H groups in total. The Morgan fingerprint density at radius 2 is 2.22 bits per heavy atom. The van der Waals surface area contributed by atoms with Gasteiger partial charge in [-0.25, -0.2) is 8.42 Å². The van der Waals surface area contributed by atoms with Gasteiger partial charge >= 0.3 is 0 Å².